The molecular weight excluding hydrogens is 331 g/mol. The van der Waals surface area contributed by atoms with Gasteiger partial charge in [0.15, 0.2) is 18.2 Å². The van der Waals surface area contributed by atoms with Crippen LogP contribution in [0, 0.1) is 5.82 Å². The highest BCUT2D eigenvalue weighted by molar-refractivity contribution is 5.78. The molecule has 0 saturated carbocycles. The van der Waals surface area contributed by atoms with Gasteiger partial charge in [0.2, 0.25) is 0 Å². The van der Waals surface area contributed by atoms with Gasteiger partial charge < -0.3 is 15.0 Å². The minimum Gasteiger partial charge on any atom is -0.481 e. The SMILES string of the molecule is C[C@@H](NC(=O)COc1ccccc1F)c1ccc(N2CCCCC2)cc1. The molecule has 5 heteroatoms. The number of para-hydroxylation sites is 1. The molecule has 26 heavy (non-hydrogen) atoms. The first-order valence-electron chi connectivity index (χ1n) is 9.15. The maximum absolute atomic E-state index is 13.5. The molecular formula is C21H25FN2O2. The molecule has 0 aliphatic carbocycles. The van der Waals surface area contributed by atoms with Gasteiger partial charge >= 0.3 is 0 Å². The molecule has 2 aromatic rings. The third-order valence-corrected chi connectivity index (χ3v) is 4.69. The van der Waals surface area contributed by atoms with E-state index in [1.165, 1.54) is 37.1 Å². The number of carbonyl (C=O) groups is 1. The van der Waals surface area contributed by atoms with Crippen LogP contribution in [0.1, 0.15) is 37.8 Å². The monoisotopic (exact) mass is 356 g/mol. The van der Waals surface area contributed by atoms with E-state index in [-0.39, 0.29) is 24.3 Å². The second-order valence-electron chi connectivity index (χ2n) is 6.65. The predicted octanol–water partition coefficient (Wildman–Crippen LogP) is 4.07. The lowest BCUT2D eigenvalue weighted by Gasteiger charge is -2.29. The summed E-state index contributed by atoms with van der Waals surface area (Å²) in [6.45, 7) is 3.94. The van der Waals surface area contributed by atoms with Crippen LogP contribution in [0.5, 0.6) is 5.75 Å². The van der Waals surface area contributed by atoms with Gasteiger partial charge in [-0.2, -0.15) is 0 Å². The molecule has 1 amide bonds. The highest BCUT2D eigenvalue weighted by Crippen LogP contribution is 2.22. The third kappa shape index (κ3) is 4.75. The van der Waals surface area contributed by atoms with E-state index < -0.39 is 5.82 Å². The summed E-state index contributed by atoms with van der Waals surface area (Å²) in [6.07, 6.45) is 3.80. The first-order valence-corrected chi connectivity index (χ1v) is 9.15. The number of carbonyl (C=O) groups excluding carboxylic acids is 1. The van der Waals surface area contributed by atoms with Crippen molar-refractivity contribution in [3.63, 3.8) is 0 Å². The van der Waals surface area contributed by atoms with Gasteiger partial charge in [0.25, 0.3) is 5.91 Å². The quantitative estimate of drug-likeness (QED) is 0.848. The topological polar surface area (TPSA) is 41.6 Å². The molecule has 0 unspecified atom stereocenters. The van der Waals surface area contributed by atoms with E-state index in [2.05, 4.69) is 22.3 Å². The van der Waals surface area contributed by atoms with Gasteiger partial charge in [-0.1, -0.05) is 24.3 Å². The standard InChI is InChI=1S/C21H25FN2O2/c1-16(23-21(25)15-26-20-8-4-3-7-19(20)22)17-9-11-18(12-10-17)24-13-5-2-6-14-24/h3-4,7-12,16H,2,5-6,13-15H2,1H3,(H,23,25)/t16-/m1/s1. The average Bonchev–Trinajstić information content (AvgIpc) is 2.68. The number of nitrogens with one attached hydrogen (secondary N) is 1. The van der Waals surface area contributed by atoms with E-state index in [9.17, 15) is 9.18 Å². The molecule has 0 radical (unpaired) electrons. The van der Waals surface area contributed by atoms with E-state index in [1.807, 2.05) is 19.1 Å². The molecule has 1 saturated heterocycles. The van der Waals surface area contributed by atoms with E-state index in [0.29, 0.717) is 0 Å². The first-order chi connectivity index (χ1) is 12.6. The van der Waals surface area contributed by atoms with Crippen LogP contribution in [0.4, 0.5) is 10.1 Å². The van der Waals surface area contributed by atoms with Crippen LogP contribution in [0.2, 0.25) is 0 Å². The number of rotatable bonds is 6. The summed E-state index contributed by atoms with van der Waals surface area (Å²) in [6, 6.07) is 14.2. The van der Waals surface area contributed by atoms with Gasteiger partial charge in [-0.15, -0.1) is 0 Å². The van der Waals surface area contributed by atoms with Crippen molar-refractivity contribution in [2.75, 3.05) is 24.6 Å². The van der Waals surface area contributed by atoms with Crippen LogP contribution in [0.15, 0.2) is 48.5 Å². The summed E-state index contributed by atoms with van der Waals surface area (Å²) in [4.78, 5) is 14.5. The number of piperidine rings is 1. The number of anilines is 1. The lowest BCUT2D eigenvalue weighted by molar-refractivity contribution is -0.123. The lowest BCUT2D eigenvalue weighted by Crippen LogP contribution is -2.31. The second-order valence-corrected chi connectivity index (χ2v) is 6.65. The summed E-state index contributed by atoms with van der Waals surface area (Å²) in [7, 11) is 0. The summed E-state index contributed by atoms with van der Waals surface area (Å²) in [5, 5.41) is 2.88. The fourth-order valence-electron chi connectivity index (χ4n) is 3.20. The Balaban J connectivity index is 1.51. The van der Waals surface area contributed by atoms with Gasteiger partial charge in [0.1, 0.15) is 0 Å². The summed E-state index contributed by atoms with van der Waals surface area (Å²) in [5.74, 6) is -0.663. The smallest absolute Gasteiger partial charge is 0.258 e. The van der Waals surface area contributed by atoms with Gasteiger partial charge in [-0.3, -0.25) is 4.79 Å². The fourth-order valence-corrected chi connectivity index (χ4v) is 3.20. The Morgan fingerprint density at radius 1 is 1.12 bits per heavy atom. The Kier molecular flexibility index (Phi) is 6.10. The van der Waals surface area contributed by atoms with Gasteiger partial charge in [-0.25, -0.2) is 4.39 Å². The maximum Gasteiger partial charge on any atom is 0.258 e. The number of halogens is 1. The highest BCUT2D eigenvalue weighted by atomic mass is 19.1. The van der Waals surface area contributed by atoms with Crippen LogP contribution >= 0.6 is 0 Å². The average molecular weight is 356 g/mol. The molecule has 138 valence electrons. The van der Waals surface area contributed by atoms with Crippen molar-refractivity contribution < 1.29 is 13.9 Å². The van der Waals surface area contributed by atoms with Gasteiger partial charge in [0.05, 0.1) is 6.04 Å². The van der Waals surface area contributed by atoms with Crippen molar-refractivity contribution in [1.29, 1.82) is 0 Å². The number of ether oxygens (including phenoxy) is 1. The molecule has 0 bridgehead atoms. The number of nitrogens with zero attached hydrogens (tertiary/aromatic N) is 1. The van der Waals surface area contributed by atoms with Crippen LogP contribution in [-0.2, 0) is 4.79 Å². The minimum absolute atomic E-state index is 0.0844. The Labute approximate surface area is 154 Å². The highest BCUT2D eigenvalue weighted by Gasteiger charge is 2.14. The zero-order valence-corrected chi connectivity index (χ0v) is 15.1. The minimum atomic E-state index is -0.471. The molecule has 1 aliphatic heterocycles. The largest absolute Gasteiger partial charge is 0.481 e. The van der Waals surface area contributed by atoms with Crippen molar-refractivity contribution in [2.45, 2.75) is 32.2 Å². The van der Waals surface area contributed by atoms with Gasteiger partial charge in [-0.05, 0) is 56.0 Å². The molecule has 0 aromatic heterocycles. The second kappa shape index (κ2) is 8.70. The summed E-state index contributed by atoms with van der Waals surface area (Å²) < 4.78 is 18.7. The molecule has 0 spiro atoms. The molecule has 2 aromatic carbocycles. The maximum atomic E-state index is 13.5. The fraction of sp³-hybridized carbons (Fsp3) is 0.381. The van der Waals surface area contributed by atoms with Crippen molar-refractivity contribution in [2.24, 2.45) is 0 Å². The van der Waals surface area contributed by atoms with Gasteiger partial charge in [0, 0.05) is 18.8 Å². The lowest BCUT2D eigenvalue weighted by atomic mass is 10.1. The van der Waals surface area contributed by atoms with Crippen LogP contribution in [0.3, 0.4) is 0 Å². The van der Waals surface area contributed by atoms with E-state index in [4.69, 9.17) is 4.74 Å². The van der Waals surface area contributed by atoms with Crippen LogP contribution in [-0.4, -0.2) is 25.6 Å². The molecule has 1 atom stereocenters. The molecule has 3 rings (SSSR count). The molecule has 1 aliphatic rings. The zero-order chi connectivity index (χ0) is 18.4. The van der Waals surface area contributed by atoms with E-state index in [0.717, 1.165) is 18.7 Å². The summed E-state index contributed by atoms with van der Waals surface area (Å²) in [5.41, 5.74) is 2.26. The Hall–Kier alpha value is -2.56. The van der Waals surface area contributed by atoms with Crippen molar-refractivity contribution in [1.82, 2.24) is 5.32 Å². The van der Waals surface area contributed by atoms with Crippen molar-refractivity contribution in [3.8, 4) is 5.75 Å². The normalized spacial score (nSPS) is 15.4. The number of benzene rings is 2. The van der Waals surface area contributed by atoms with E-state index in [1.54, 1.807) is 12.1 Å². The van der Waals surface area contributed by atoms with Crippen molar-refractivity contribution >= 4 is 11.6 Å². The predicted molar refractivity (Wildman–Crippen MR) is 101 cm³/mol. The number of hydrogen-bond donors (Lipinski definition) is 1. The summed E-state index contributed by atoms with van der Waals surface area (Å²) >= 11 is 0. The Bertz CT molecular complexity index is 727. The number of amides is 1. The molecule has 1 N–H and O–H groups in total. The van der Waals surface area contributed by atoms with E-state index >= 15 is 0 Å². The molecule has 4 nitrogen and oxygen atoms in total. The Morgan fingerprint density at radius 2 is 1.81 bits per heavy atom. The Morgan fingerprint density at radius 3 is 2.50 bits per heavy atom. The molecule has 1 heterocycles. The zero-order valence-electron chi connectivity index (χ0n) is 15.1. The molecule has 1 fully saturated rings. The number of hydrogen-bond acceptors (Lipinski definition) is 3. The van der Waals surface area contributed by atoms with Crippen LogP contribution < -0.4 is 15.0 Å². The third-order valence-electron chi connectivity index (χ3n) is 4.69. The first kappa shape index (κ1) is 18.2. The van der Waals surface area contributed by atoms with Crippen LogP contribution in [0.25, 0.3) is 0 Å². The van der Waals surface area contributed by atoms with Crippen molar-refractivity contribution in [3.05, 3.63) is 59.9 Å².